The highest BCUT2D eigenvalue weighted by Gasteiger charge is 2.35. The zero-order valence-corrected chi connectivity index (χ0v) is 20.1. The smallest absolute Gasteiger partial charge is 0.308 e. The number of carbonyl (C=O) groups is 3. The molecule has 36 heavy (non-hydrogen) atoms. The van der Waals surface area contributed by atoms with Crippen LogP contribution in [0.25, 0.3) is 0 Å². The summed E-state index contributed by atoms with van der Waals surface area (Å²) in [7, 11) is 0. The Kier molecular flexibility index (Phi) is 8.70. The van der Waals surface area contributed by atoms with Crippen LogP contribution < -0.4 is 10.1 Å². The van der Waals surface area contributed by atoms with Gasteiger partial charge >= 0.3 is 5.97 Å². The Balaban J connectivity index is 1.30. The number of hydrogen-bond acceptors (Lipinski definition) is 5. The fraction of sp³-hybridized carbons (Fsp3) is 0.276. The topological polar surface area (TPSA) is 84.9 Å². The average molecular weight is 487 g/mol. The van der Waals surface area contributed by atoms with Crippen LogP contribution in [0, 0.1) is 0 Å². The summed E-state index contributed by atoms with van der Waals surface area (Å²) in [5.41, 5.74) is 2.65. The van der Waals surface area contributed by atoms with Gasteiger partial charge in [0.2, 0.25) is 5.91 Å². The van der Waals surface area contributed by atoms with E-state index in [1.807, 2.05) is 60.7 Å². The lowest BCUT2D eigenvalue weighted by Gasteiger charge is -2.34. The number of esters is 1. The first-order valence-electron chi connectivity index (χ1n) is 12.1. The molecule has 2 amide bonds. The summed E-state index contributed by atoms with van der Waals surface area (Å²) < 4.78 is 11.1. The van der Waals surface area contributed by atoms with Crippen LogP contribution in [0.2, 0.25) is 0 Å². The highest BCUT2D eigenvalue weighted by Crippen LogP contribution is 2.19. The van der Waals surface area contributed by atoms with Crippen LogP contribution in [0.15, 0.2) is 84.9 Å². The summed E-state index contributed by atoms with van der Waals surface area (Å²) in [6.07, 6.45) is 1.31. The molecular weight excluding hydrogens is 456 g/mol. The van der Waals surface area contributed by atoms with E-state index in [4.69, 9.17) is 9.47 Å². The van der Waals surface area contributed by atoms with Crippen LogP contribution in [-0.4, -0.2) is 48.4 Å². The Bertz CT molecular complexity index is 1150. The fourth-order valence-electron chi connectivity index (χ4n) is 4.08. The number of ether oxygens (including phenoxy) is 2. The van der Waals surface area contributed by atoms with Crippen LogP contribution in [0.5, 0.6) is 5.75 Å². The molecule has 1 saturated heterocycles. The van der Waals surface area contributed by atoms with E-state index in [0.29, 0.717) is 37.4 Å². The predicted octanol–water partition coefficient (Wildman–Crippen LogP) is 3.77. The third-order valence-electron chi connectivity index (χ3n) is 6.02. The molecule has 0 radical (unpaired) electrons. The third kappa shape index (κ3) is 6.95. The number of nitrogens with zero attached hydrogens (tertiary/aromatic N) is 1. The van der Waals surface area contributed by atoms with Crippen LogP contribution >= 0.6 is 0 Å². The summed E-state index contributed by atoms with van der Waals surface area (Å²) in [5, 5.41) is 2.74. The minimum Gasteiger partial charge on any atom is -0.489 e. The Hall–Kier alpha value is -4.13. The Morgan fingerprint density at radius 2 is 1.56 bits per heavy atom. The van der Waals surface area contributed by atoms with E-state index in [9.17, 15) is 14.4 Å². The molecule has 1 aliphatic heterocycles. The standard InChI is InChI=1S/C29H30N2O5/c32-27(35-19-7-12-22-8-3-1-4-9-22)20-26-28(33)30-17-18-31(26)29(34)24-13-15-25(16-14-24)36-21-23-10-5-2-6-11-23/h1-6,8-11,13-16,26H,7,12,17-21H2,(H,30,33). The lowest BCUT2D eigenvalue weighted by atomic mass is 10.1. The quantitative estimate of drug-likeness (QED) is 0.348. The molecule has 0 aromatic heterocycles. The van der Waals surface area contributed by atoms with Gasteiger partial charge in [0, 0.05) is 18.7 Å². The van der Waals surface area contributed by atoms with E-state index < -0.39 is 12.0 Å². The van der Waals surface area contributed by atoms with Gasteiger partial charge in [-0.15, -0.1) is 0 Å². The van der Waals surface area contributed by atoms with Crippen molar-refractivity contribution in [3.05, 3.63) is 102 Å². The number of carbonyl (C=O) groups excluding carboxylic acids is 3. The number of nitrogens with one attached hydrogen (secondary N) is 1. The van der Waals surface area contributed by atoms with Crippen LogP contribution in [0.4, 0.5) is 0 Å². The summed E-state index contributed by atoms with van der Waals surface area (Å²) in [6.45, 7) is 1.35. The third-order valence-corrected chi connectivity index (χ3v) is 6.02. The van der Waals surface area contributed by atoms with E-state index >= 15 is 0 Å². The minimum absolute atomic E-state index is 0.179. The van der Waals surface area contributed by atoms with Gasteiger partial charge in [-0.1, -0.05) is 60.7 Å². The molecular formula is C29H30N2O5. The highest BCUT2D eigenvalue weighted by molar-refractivity contribution is 5.99. The lowest BCUT2D eigenvalue weighted by Crippen LogP contribution is -2.57. The van der Waals surface area contributed by atoms with Gasteiger partial charge in [0.25, 0.3) is 5.91 Å². The Morgan fingerprint density at radius 1 is 0.889 bits per heavy atom. The zero-order chi connectivity index (χ0) is 25.2. The lowest BCUT2D eigenvalue weighted by molar-refractivity contribution is -0.147. The van der Waals surface area contributed by atoms with Gasteiger partial charge in [0.15, 0.2) is 0 Å². The molecule has 1 aliphatic rings. The molecule has 1 unspecified atom stereocenters. The normalized spacial score (nSPS) is 15.2. The van der Waals surface area contributed by atoms with Gasteiger partial charge in [-0.25, -0.2) is 0 Å². The van der Waals surface area contributed by atoms with Crippen molar-refractivity contribution in [2.24, 2.45) is 0 Å². The van der Waals surface area contributed by atoms with Crippen molar-refractivity contribution in [2.45, 2.75) is 31.9 Å². The summed E-state index contributed by atoms with van der Waals surface area (Å²) in [6, 6.07) is 25.7. The molecule has 0 aliphatic carbocycles. The monoisotopic (exact) mass is 486 g/mol. The zero-order valence-electron chi connectivity index (χ0n) is 20.1. The number of piperazine rings is 1. The molecule has 186 valence electrons. The maximum Gasteiger partial charge on any atom is 0.308 e. The van der Waals surface area contributed by atoms with Gasteiger partial charge in [0.05, 0.1) is 13.0 Å². The van der Waals surface area contributed by atoms with E-state index in [0.717, 1.165) is 12.0 Å². The van der Waals surface area contributed by atoms with Gasteiger partial charge in [-0.3, -0.25) is 14.4 Å². The molecule has 0 spiro atoms. The minimum atomic E-state index is -0.901. The maximum atomic E-state index is 13.2. The first-order valence-corrected chi connectivity index (χ1v) is 12.1. The van der Waals surface area contributed by atoms with Crippen LogP contribution in [-0.2, 0) is 27.4 Å². The molecule has 1 fully saturated rings. The van der Waals surface area contributed by atoms with Crippen molar-refractivity contribution >= 4 is 17.8 Å². The molecule has 7 heteroatoms. The fourth-order valence-corrected chi connectivity index (χ4v) is 4.08. The van der Waals surface area contributed by atoms with Crippen molar-refractivity contribution in [3.8, 4) is 5.75 Å². The molecule has 7 nitrogen and oxygen atoms in total. The van der Waals surface area contributed by atoms with Gasteiger partial charge in [-0.05, 0) is 48.2 Å². The second-order valence-electron chi connectivity index (χ2n) is 8.62. The largest absolute Gasteiger partial charge is 0.489 e. The average Bonchev–Trinajstić information content (AvgIpc) is 2.92. The van der Waals surface area contributed by atoms with E-state index in [1.165, 1.54) is 10.5 Å². The molecule has 3 aromatic rings. The predicted molar refractivity (Wildman–Crippen MR) is 135 cm³/mol. The van der Waals surface area contributed by atoms with E-state index in [1.54, 1.807) is 24.3 Å². The molecule has 0 saturated carbocycles. The van der Waals surface area contributed by atoms with E-state index in [-0.39, 0.29) is 24.8 Å². The number of benzene rings is 3. The number of hydrogen-bond donors (Lipinski definition) is 1. The number of amides is 2. The number of rotatable bonds is 10. The van der Waals surface area contributed by atoms with Crippen molar-refractivity contribution in [1.29, 1.82) is 0 Å². The molecule has 3 aromatic carbocycles. The molecule has 0 bridgehead atoms. The summed E-state index contributed by atoms with van der Waals surface area (Å²) in [4.78, 5) is 39.6. The molecule has 1 N–H and O–H groups in total. The van der Waals surface area contributed by atoms with Crippen molar-refractivity contribution < 1.29 is 23.9 Å². The van der Waals surface area contributed by atoms with Gasteiger partial charge in [-0.2, -0.15) is 0 Å². The van der Waals surface area contributed by atoms with Crippen LogP contribution in [0.3, 0.4) is 0 Å². The van der Waals surface area contributed by atoms with Crippen molar-refractivity contribution in [3.63, 3.8) is 0 Å². The second-order valence-corrected chi connectivity index (χ2v) is 8.62. The first-order chi connectivity index (χ1) is 17.6. The SMILES string of the molecule is O=C(CC1C(=O)NCCN1C(=O)c1ccc(OCc2ccccc2)cc1)OCCCc1ccccc1. The van der Waals surface area contributed by atoms with Crippen LogP contribution in [0.1, 0.15) is 34.3 Å². The summed E-state index contributed by atoms with van der Waals surface area (Å²) in [5.74, 6) is -0.505. The Morgan fingerprint density at radius 3 is 2.25 bits per heavy atom. The van der Waals surface area contributed by atoms with Gasteiger partial charge < -0.3 is 19.7 Å². The molecule has 4 rings (SSSR count). The van der Waals surface area contributed by atoms with Crippen molar-refractivity contribution in [1.82, 2.24) is 10.2 Å². The Labute approximate surface area is 211 Å². The van der Waals surface area contributed by atoms with E-state index in [2.05, 4.69) is 5.32 Å². The molecule has 1 heterocycles. The molecule has 1 atom stereocenters. The summed E-state index contributed by atoms with van der Waals surface area (Å²) >= 11 is 0. The second kappa shape index (κ2) is 12.5. The number of aryl methyl sites for hydroxylation is 1. The highest BCUT2D eigenvalue weighted by atomic mass is 16.5. The van der Waals surface area contributed by atoms with Crippen molar-refractivity contribution in [2.75, 3.05) is 19.7 Å². The van der Waals surface area contributed by atoms with Gasteiger partial charge in [0.1, 0.15) is 18.4 Å². The first kappa shape index (κ1) is 25.0. The maximum absolute atomic E-state index is 13.2.